The Bertz CT molecular complexity index is 694. The number of nitrogens with zero attached hydrogens (tertiary/aromatic N) is 4. The van der Waals surface area contributed by atoms with Gasteiger partial charge in [-0.25, -0.2) is 4.68 Å². The van der Waals surface area contributed by atoms with Crippen LogP contribution < -0.4 is 10.1 Å². The Labute approximate surface area is 148 Å². The van der Waals surface area contributed by atoms with Crippen LogP contribution in [0.15, 0.2) is 18.3 Å². The summed E-state index contributed by atoms with van der Waals surface area (Å²) in [6.45, 7) is 8.39. The van der Waals surface area contributed by atoms with Gasteiger partial charge in [0.05, 0.1) is 24.6 Å². The van der Waals surface area contributed by atoms with Gasteiger partial charge in [-0.1, -0.05) is 20.8 Å². The molecule has 0 bridgehead atoms. The van der Waals surface area contributed by atoms with Gasteiger partial charge in [-0.15, -0.1) is 10.2 Å². The van der Waals surface area contributed by atoms with Crippen molar-refractivity contribution in [1.82, 2.24) is 25.3 Å². The lowest BCUT2D eigenvalue weighted by Gasteiger charge is -2.15. The van der Waals surface area contributed by atoms with E-state index in [4.69, 9.17) is 4.74 Å². The van der Waals surface area contributed by atoms with Crippen LogP contribution in [0.1, 0.15) is 56.6 Å². The third kappa shape index (κ3) is 4.78. The highest BCUT2D eigenvalue weighted by Gasteiger charge is 2.19. The smallest absolute Gasteiger partial charge is 0.254 e. The third-order valence-corrected chi connectivity index (χ3v) is 4.06. The van der Waals surface area contributed by atoms with E-state index in [-0.39, 0.29) is 11.9 Å². The number of aromatic nitrogens is 4. The molecule has 0 saturated carbocycles. The van der Waals surface area contributed by atoms with E-state index in [1.54, 1.807) is 23.0 Å². The molecule has 0 aliphatic heterocycles. The van der Waals surface area contributed by atoms with Crippen LogP contribution >= 0.6 is 0 Å². The molecular weight excluding hydrogens is 318 g/mol. The maximum Gasteiger partial charge on any atom is 0.254 e. The molecule has 2 aromatic rings. The molecule has 0 aromatic carbocycles. The summed E-state index contributed by atoms with van der Waals surface area (Å²) < 4.78 is 6.67. The number of carbonyl (C=O) groups excluding carboxylic acids is 1. The van der Waals surface area contributed by atoms with E-state index in [1.165, 1.54) is 7.11 Å². The molecule has 0 aliphatic rings. The zero-order chi connectivity index (χ0) is 18.4. The standard InChI is InChI=1S/C18H27N5O2/c1-6-15-14(18(24)20-13(4)8-7-12(2)3)11-19-23(15)16-9-10-17(25-5)22-21-16/h9-13H,6-8H2,1-5H3,(H,20,24). The first kappa shape index (κ1) is 18.9. The molecule has 1 N–H and O–H groups in total. The van der Waals surface area contributed by atoms with Gasteiger partial charge in [0, 0.05) is 12.1 Å². The Morgan fingerprint density at radius 1 is 1.24 bits per heavy atom. The topological polar surface area (TPSA) is 81.9 Å². The number of hydrogen-bond acceptors (Lipinski definition) is 5. The minimum Gasteiger partial charge on any atom is -0.480 e. The minimum absolute atomic E-state index is 0.0965. The lowest BCUT2D eigenvalue weighted by Crippen LogP contribution is -2.33. The van der Waals surface area contributed by atoms with Gasteiger partial charge in [0.2, 0.25) is 5.88 Å². The molecule has 0 aliphatic carbocycles. The molecular formula is C18H27N5O2. The number of ether oxygens (including phenoxy) is 1. The van der Waals surface area contributed by atoms with Crippen LogP contribution in [0.4, 0.5) is 0 Å². The fourth-order valence-electron chi connectivity index (χ4n) is 2.59. The fourth-order valence-corrected chi connectivity index (χ4v) is 2.59. The van der Waals surface area contributed by atoms with Gasteiger partial charge < -0.3 is 10.1 Å². The molecule has 0 radical (unpaired) electrons. The van der Waals surface area contributed by atoms with Gasteiger partial charge in [0.25, 0.3) is 5.91 Å². The number of hydrogen-bond donors (Lipinski definition) is 1. The number of rotatable bonds is 8. The minimum atomic E-state index is -0.0965. The largest absolute Gasteiger partial charge is 0.480 e. The van der Waals surface area contributed by atoms with Gasteiger partial charge in [-0.05, 0) is 38.2 Å². The van der Waals surface area contributed by atoms with Crippen LogP contribution in [0.25, 0.3) is 5.82 Å². The highest BCUT2D eigenvalue weighted by Crippen LogP contribution is 2.16. The molecule has 1 amide bonds. The zero-order valence-electron chi connectivity index (χ0n) is 15.6. The first-order chi connectivity index (χ1) is 12.0. The molecule has 2 rings (SSSR count). The summed E-state index contributed by atoms with van der Waals surface area (Å²) in [4.78, 5) is 12.6. The van der Waals surface area contributed by atoms with Gasteiger partial charge >= 0.3 is 0 Å². The molecule has 2 heterocycles. The Hall–Kier alpha value is -2.44. The highest BCUT2D eigenvalue weighted by atomic mass is 16.5. The molecule has 136 valence electrons. The summed E-state index contributed by atoms with van der Waals surface area (Å²) in [5.41, 5.74) is 1.39. The van der Waals surface area contributed by atoms with E-state index in [9.17, 15) is 4.79 Å². The van der Waals surface area contributed by atoms with Gasteiger partial charge in [-0.2, -0.15) is 5.10 Å². The maximum atomic E-state index is 12.6. The maximum absolute atomic E-state index is 12.6. The molecule has 7 nitrogen and oxygen atoms in total. The van der Waals surface area contributed by atoms with Gasteiger partial charge in [0.1, 0.15) is 0 Å². The van der Waals surface area contributed by atoms with Crippen molar-refractivity contribution in [3.8, 4) is 11.7 Å². The Morgan fingerprint density at radius 3 is 2.56 bits per heavy atom. The predicted octanol–water partition coefficient (Wildman–Crippen LogP) is 2.79. The molecule has 25 heavy (non-hydrogen) atoms. The Balaban J connectivity index is 2.16. The SMILES string of the molecule is CCc1c(C(=O)NC(C)CCC(C)C)cnn1-c1ccc(OC)nn1. The summed E-state index contributed by atoms with van der Waals surface area (Å²) >= 11 is 0. The van der Waals surface area contributed by atoms with Crippen LogP contribution in [0.2, 0.25) is 0 Å². The monoisotopic (exact) mass is 345 g/mol. The van der Waals surface area contributed by atoms with Crippen molar-refractivity contribution < 1.29 is 9.53 Å². The van der Waals surface area contributed by atoms with E-state index in [1.807, 2.05) is 13.8 Å². The van der Waals surface area contributed by atoms with Crippen LogP contribution in [-0.4, -0.2) is 39.0 Å². The first-order valence-corrected chi connectivity index (χ1v) is 8.72. The number of carbonyl (C=O) groups is 1. The van der Waals surface area contributed by atoms with Crippen molar-refractivity contribution in [3.05, 3.63) is 29.6 Å². The lowest BCUT2D eigenvalue weighted by molar-refractivity contribution is 0.0936. The number of amides is 1. The zero-order valence-corrected chi connectivity index (χ0v) is 15.6. The fraction of sp³-hybridized carbons (Fsp3) is 0.556. The quantitative estimate of drug-likeness (QED) is 0.795. The molecule has 0 saturated heterocycles. The second-order valence-corrected chi connectivity index (χ2v) is 6.55. The lowest BCUT2D eigenvalue weighted by atomic mass is 10.0. The van der Waals surface area contributed by atoms with Crippen molar-refractivity contribution in [2.45, 2.75) is 53.0 Å². The average molecular weight is 345 g/mol. The molecule has 2 aromatic heterocycles. The van der Waals surface area contributed by atoms with Crippen molar-refractivity contribution in [1.29, 1.82) is 0 Å². The van der Waals surface area contributed by atoms with Gasteiger partial charge in [-0.3, -0.25) is 4.79 Å². The second kappa shape index (κ2) is 8.60. The van der Waals surface area contributed by atoms with E-state index < -0.39 is 0 Å². The Morgan fingerprint density at radius 2 is 2.00 bits per heavy atom. The third-order valence-electron chi connectivity index (χ3n) is 4.06. The molecule has 1 unspecified atom stereocenters. The van der Waals surface area contributed by atoms with E-state index in [0.29, 0.717) is 29.6 Å². The van der Waals surface area contributed by atoms with Crippen LogP contribution in [0, 0.1) is 5.92 Å². The van der Waals surface area contributed by atoms with Crippen LogP contribution in [-0.2, 0) is 6.42 Å². The summed E-state index contributed by atoms with van der Waals surface area (Å²) in [7, 11) is 1.54. The second-order valence-electron chi connectivity index (χ2n) is 6.55. The van der Waals surface area contributed by atoms with Crippen LogP contribution in [0.3, 0.4) is 0 Å². The van der Waals surface area contributed by atoms with Crippen molar-refractivity contribution in [3.63, 3.8) is 0 Å². The number of nitrogens with one attached hydrogen (secondary N) is 1. The molecule has 7 heteroatoms. The summed E-state index contributed by atoms with van der Waals surface area (Å²) in [5, 5.41) is 15.5. The van der Waals surface area contributed by atoms with E-state index >= 15 is 0 Å². The molecule has 0 spiro atoms. The summed E-state index contributed by atoms with van der Waals surface area (Å²) in [6, 6.07) is 3.62. The van der Waals surface area contributed by atoms with Crippen molar-refractivity contribution >= 4 is 5.91 Å². The highest BCUT2D eigenvalue weighted by molar-refractivity contribution is 5.95. The summed E-state index contributed by atoms with van der Waals surface area (Å²) in [6.07, 6.45) is 4.30. The molecule has 1 atom stereocenters. The van der Waals surface area contributed by atoms with E-state index in [0.717, 1.165) is 18.5 Å². The van der Waals surface area contributed by atoms with Crippen molar-refractivity contribution in [2.24, 2.45) is 5.92 Å². The van der Waals surface area contributed by atoms with E-state index in [2.05, 4.69) is 34.5 Å². The predicted molar refractivity (Wildman–Crippen MR) is 96.1 cm³/mol. The Kier molecular flexibility index (Phi) is 6.50. The average Bonchev–Trinajstić information content (AvgIpc) is 3.04. The van der Waals surface area contributed by atoms with Gasteiger partial charge in [0.15, 0.2) is 5.82 Å². The first-order valence-electron chi connectivity index (χ1n) is 8.72. The normalized spacial score (nSPS) is 12.2. The molecule has 0 fully saturated rings. The van der Waals surface area contributed by atoms with Crippen LogP contribution in [0.5, 0.6) is 5.88 Å². The van der Waals surface area contributed by atoms with Crippen molar-refractivity contribution in [2.75, 3.05) is 7.11 Å². The summed E-state index contributed by atoms with van der Waals surface area (Å²) in [5.74, 6) is 1.53. The number of methoxy groups -OCH3 is 1.